The molecular formula is C11H14N2O3. The Balaban J connectivity index is 3.10. The lowest BCUT2D eigenvalue weighted by atomic mass is 10.2. The second-order valence-corrected chi connectivity index (χ2v) is 3.04. The number of nitrogens with one attached hydrogen (secondary N) is 1. The molecule has 1 rings (SSSR count). The number of hydrogen-bond donors (Lipinski definition) is 1. The normalized spacial score (nSPS) is 9.56. The molecule has 0 radical (unpaired) electrons. The number of anilines is 1. The van der Waals surface area contributed by atoms with Gasteiger partial charge in [0.25, 0.3) is 0 Å². The van der Waals surface area contributed by atoms with Crippen molar-refractivity contribution in [2.24, 2.45) is 0 Å². The van der Waals surface area contributed by atoms with Crippen LogP contribution in [0.3, 0.4) is 0 Å². The van der Waals surface area contributed by atoms with E-state index in [9.17, 15) is 10.1 Å². The van der Waals surface area contributed by atoms with E-state index in [1.807, 2.05) is 6.92 Å². The van der Waals surface area contributed by atoms with Crippen LogP contribution in [0.1, 0.15) is 6.92 Å². The minimum atomic E-state index is -0.448. The van der Waals surface area contributed by atoms with E-state index in [2.05, 4.69) is 11.9 Å². The topological polar surface area (TPSA) is 64.4 Å². The van der Waals surface area contributed by atoms with E-state index in [4.69, 9.17) is 4.74 Å². The molecule has 86 valence electrons. The summed E-state index contributed by atoms with van der Waals surface area (Å²) in [7, 11) is 0. The quantitative estimate of drug-likeness (QED) is 0.456. The zero-order valence-electron chi connectivity index (χ0n) is 9.10. The Morgan fingerprint density at radius 1 is 1.62 bits per heavy atom. The van der Waals surface area contributed by atoms with Gasteiger partial charge in [0.05, 0.1) is 4.92 Å². The molecule has 0 saturated carbocycles. The summed E-state index contributed by atoms with van der Waals surface area (Å²) in [5.41, 5.74) is 0.431. The predicted molar refractivity (Wildman–Crippen MR) is 63.0 cm³/mol. The van der Waals surface area contributed by atoms with Crippen LogP contribution in [0.25, 0.3) is 0 Å². The summed E-state index contributed by atoms with van der Waals surface area (Å²) in [6.45, 7) is 6.24. The second kappa shape index (κ2) is 5.75. The molecule has 1 N–H and O–H groups in total. The van der Waals surface area contributed by atoms with Gasteiger partial charge < -0.3 is 10.1 Å². The smallest absolute Gasteiger partial charge is 0.333 e. The van der Waals surface area contributed by atoms with Crippen LogP contribution in [-0.4, -0.2) is 18.1 Å². The predicted octanol–water partition coefficient (Wildman–Crippen LogP) is 2.59. The van der Waals surface area contributed by atoms with Gasteiger partial charge in [-0.2, -0.15) is 0 Å². The Hall–Kier alpha value is -2.04. The van der Waals surface area contributed by atoms with Crippen molar-refractivity contribution in [1.29, 1.82) is 0 Å². The first-order valence-corrected chi connectivity index (χ1v) is 4.95. The van der Waals surface area contributed by atoms with Crippen LogP contribution in [0.4, 0.5) is 11.4 Å². The van der Waals surface area contributed by atoms with Gasteiger partial charge in [0, 0.05) is 6.54 Å². The van der Waals surface area contributed by atoms with Crippen LogP contribution in [0.2, 0.25) is 0 Å². The van der Waals surface area contributed by atoms with Crippen LogP contribution >= 0.6 is 0 Å². The molecule has 0 aliphatic heterocycles. The third kappa shape index (κ3) is 2.73. The zero-order valence-corrected chi connectivity index (χ0v) is 9.10. The molecule has 0 aromatic heterocycles. The Kier molecular flexibility index (Phi) is 4.32. The average molecular weight is 222 g/mol. The maximum absolute atomic E-state index is 10.9. The number of para-hydroxylation sites is 1. The van der Waals surface area contributed by atoms with E-state index in [-0.39, 0.29) is 18.0 Å². The number of hydrogen-bond acceptors (Lipinski definition) is 4. The number of nitrogens with zero attached hydrogens (tertiary/aromatic N) is 1. The van der Waals surface area contributed by atoms with E-state index < -0.39 is 4.92 Å². The molecule has 0 bridgehead atoms. The van der Waals surface area contributed by atoms with Gasteiger partial charge in [0.2, 0.25) is 0 Å². The molecule has 0 heterocycles. The van der Waals surface area contributed by atoms with Crippen molar-refractivity contribution in [3.8, 4) is 5.75 Å². The number of ether oxygens (including phenoxy) is 1. The Morgan fingerprint density at radius 2 is 2.38 bits per heavy atom. The molecular weight excluding hydrogens is 208 g/mol. The summed E-state index contributed by atoms with van der Waals surface area (Å²) in [6.07, 6.45) is 1.55. The van der Waals surface area contributed by atoms with Crippen molar-refractivity contribution in [3.05, 3.63) is 41.0 Å². The van der Waals surface area contributed by atoms with Gasteiger partial charge in [-0.1, -0.05) is 18.7 Å². The van der Waals surface area contributed by atoms with E-state index in [1.165, 1.54) is 0 Å². The number of nitro benzene ring substituents is 1. The maximum atomic E-state index is 10.9. The fourth-order valence-corrected chi connectivity index (χ4v) is 1.31. The Morgan fingerprint density at radius 3 is 2.94 bits per heavy atom. The lowest BCUT2D eigenvalue weighted by molar-refractivity contribution is -0.384. The fourth-order valence-electron chi connectivity index (χ4n) is 1.31. The van der Waals surface area contributed by atoms with Crippen molar-refractivity contribution >= 4 is 11.4 Å². The van der Waals surface area contributed by atoms with Gasteiger partial charge >= 0.3 is 5.69 Å². The highest BCUT2D eigenvalue weighted by molar-refractivity contribution is 5.68. The zero-order chi connectivity index (χ0) is 12.0. The monoisotopic (exact) mass is 222 g/mol. The molecule has 5 heteroatoms. The van der Waals surface area contributed by atoms with E-state index in [0.29, 0.717) is 12.2 Å². The first-order valence-electron chi connectivity index (χ1n) is 4.95. The SMILES string of the molecule is C=CCOc1cccc(NCC)c1[N+](=O)[O-]. The molecule has 0 unspecified atom stereocenters. The molecule has 0 atom stereocenters. The van der Waals surface area contributed by atoms with Gasteiger partial charge in [-0.15, -0.1) is 0 Å². The third-order valence-corrected chi connectivity index (χ3v) is 1.91. The molecule has 0 aliphatic carbocycles. The standard InChI is InChI=1S/C11H14N2O3/c1-3-8-16-10-7-5-6-9(12-4-2)11(10)13(14)15/h3,5-7,12H,1,4,8H2,2H3. The van der Waals surface area contributed by atoms with Crippen LogP contribution in [-0.2, 0) is 0 Å². The molecule has 1 aromatic rings. The minimum absolute atomic E-state index is 0.0359. The van der Waals surface area contributed by atoms with Crippen molar-refractivity contribution in [2.45, 2.75) is 6.92 Å². The van der Waals surface area contributed by atoms with Crippen molar-refractivity contribution < 1.29 is 9.66 Å². The van der Waals surface area contributed by atoms with Crippen LogP contribution < -0.4 is 10.1 Å². The van der Waals surface area contributed by atoms with E-state index in [0.717, 1.165) is 0 Å². The highest BCUT2D eigenvalue weighted by Gasteiger charge is 2.20. The Bertz CT molecular complexity index is 391. The third-order valence-electron chi connectivity index (χ3n) is 1.91. The molecule has 0 saturated heterocycles. The first kappa shape index (κ1) is 12.0. The van der Waals surface area contributed by atoms with E-state index >= 15 is 0 Å². The van der Waals surface area contributed by atoms with Gasteiger partial charge in [-0.25, -0.2) is 0 Å². The number of rotatable bonds is 6. The van der Waals surface area contributed by atoms with Gasteiger partial charge in [0.1, 0.15) is 12.3 Å². The molecule has 5 nitrogen and oxygen atoms in total. The summed E-state index contributed by atoms with van der Waals surface area (Å²) in [6, 6.07) is 4.94. The van der Waals surface area contributed by atoms with Crippen LogP contribution in [0.5, 0.6) is 5.75 Å². The highest BCUT2D eigenvalue weighted by Crippen LogP contribution is 2.34. The largest absolute Gasteiger partial charge is 0.483 e. The first-order chi connectivity index (χ1) is 7.70. The van der Waals surface area contributed by atoms with Gasteiger partial charge in [-0.05, 0) is 19.1 Å². The number of benzene rings is 1. The second-order valence-electron chi connectivity index (χ2n) is 3.04. The van der Waals surface area contributed by atoms with Crippen LogP contribution in [0, 0.1) is 10.1 Å². The summed E-state index contributed by atoms with van der Waals surface area (Å²) in [4.78, 5) is 10.5. The summed E-state index contributed by atoms with van der Waals surface area (Å²) in [5.74, 6) is 0.253. The molecule has 0 spiro atoms. The Labute approximate surface area is 93.9 Å². The van der Waals surface area contributed by atoms with Crippen LogP contribution in [0.15, 0.2) is 30.9 Å². The average Bonchev–Trinajstić information content (AvgIpc) is 2.26. The summed E-state index contributed by atoms with van der Waals surface area (Å²) in [5, 5.41) is 13.9. The van der Waals surface area contributed by atoms with Gasteiger partial charge in [-0.3, -0.25) is 10.1 Å². The summed E-state index contributed by atoms with van der Waals surface area (Å²) >= 11 is 0. The molecule has 16 heavy (non-hydrogen) atoms. The maximum Gasteiger partial charge on any atom is 0.333 e. The van der Waals surface area contributed by atoms with Crippen molar-refractivity contribution in [1.82, 2.24) is 0 Å². The molecule has 1 aromatic carbocycles. The van der Waals surface area contributed by atoms with Crippen molar-refractivity contribution in [3.63, 3.8) is 0 Å². The minimum Gasteiger partial charge on any atom is -0.483 e. The van der Waals surface area contributed by atoms with Crippen molar-refractivity contribution in [2.75, 3.05) is 18.5 Å². The van der Waals surface area contributed by atoms with Gasteiger partial charge in [0.15, 0.2) is 5.75 Å². The molecule has 0 aliphatic rings. The highest BCUT2D eigenvalue weighted by atomic mass is 16.6. The summed E-state index contributed by atoms with van der Waals surface area (Å²) < 4.78 is 5.23. The lowest BCUT2D eigenvalue weighted by Gasteiger charge is -2.08. The molecule has 0 fully saturated rings. The molecule has 0 amide bonds. The van der Waals surface area contributed by atoms with E-state index in [1.54, 1.807) is 24.3 Å². The fraction of sp³-hybridized carbons (Fsp3) is 0.273. The lowest BCUT2D eigenvalue weighted by Crippen LogP contribution is -2.04. The number of nitro groups is 1.